The first-order valence-electron chi connectivity index (χ1n) is 6.11. The molecule has 0 aliphatic heterocycles. The van der Waals surface area contributed by atoms with Gasteiger partial charge in [-0.05, 0) is 20.8 Å². The summed E-state index contributed by atoms with van der Waals surface area (Å²) in [5.74, 6) is -0.322. The second kappa shape index (κ2) is 5.22. The summed E-state index contributed by atoms with van der Waals surface area (Å²) < 4.78 is 6.71. The van der Waals surface area contributed by atoms with Crippen molar-refractivity contribution in [1.29, 1.82) is 0 Å². The van der Waals surface area contributed by atoms with Crippen LogP contribution in [-0.4, -0.2) is 26.6 Å². The minimum Gasteiger partial charge on any atom is -0.459 e. The van der Waals surface area contributed by atoms with Crippen molar-refractivity contribution in [2.45, 2.75) is 32.9 Å². The average Bonchev–Trinajstić information content (AvgIpc) is 2.76. The molecule has 0 saturated carbocycles. The second-order valence-electron chi connectivity index (χ2n) is 5.25. The monoisotopic (exact) mass is 259 g/mol. The third-order valence-electron chi connectivity index (χ3n) is 2.32. The lowest BCUT2D eigenvalue weighted by molar-refractivity contribution is -0.155. The zero-order chi connectivity index (χ0) is 13.9. The molecule has 0 saturated heterocycles. The molecule has 0 radical (unpaired) electrons. The van der Waals surface area contributed by atoms with Crippen molar-refractivity contribution in [2.75, 3.05) is 0 Å². The van der Waals surface area contributed by atoms with Crippen molar-refractivity contribution in [3.05, 3.63) is 36.5 Å². The van der Waals surface area contributed by atoms with Crippen LogP contribution in [0.15, 0.2) is 36.5 Å². The largest absolute Gasteiger partial charge is 0.459 e. The van der Waals surface area contributed by atoms with Crippen LogP contribution in [-0.2, 0) is 16.1 Å². The molecule has 5 nitrogen and oxygen atoms in total. The van der Waals surface area contributed by atoms with Crippen LogP contribution >= 0.6 is 0 Å². The Kier molecular flexibility index (Phi) is 3.64. The van der Waals surface area contributed by atoms with E-state index in [1.807, 2.05) is 51.1 Å². The van der Waals surface area contributed by atoms with Gasteiger partial charge < -0.3 is 4.74 Å². The molecule has 0 unspecified atom stereocenters. The minimum absolute atomic E-state index is 0.0666. The molecule has 1 aromatic carbocycles. The van der Waals surface area contributed by atoms with Gasteiger partial charge in [0.05, 0.1) is 6.20 Å². The van der Waals surface area contributed by atoms with Crippen LogP contribution in [0, 0.1) is 0 Å². The minimum atomic E-state index is -0.486. The summed E-state index contributed by atoms with van der Waals surface area (Å²) >= 11 is 0. The van der Waals surface area contributed by atoms with Gasteiger partial charge in [0.15, 0.2) is 0 Å². The summed E-state index contributed by atoms with van der Waals surface area (Å²) in [6.07, 6.45) is 1.74. The van der Waals surface area contributed by atoms with E-state index in [1.54, 1.807) is 6.20 Å². The smallest absolute Gasteiger partial charge is 0.328 e. The van der Waals surface area contributed by atoms with E-state index < -0.39 is 5.60 Å². The van der Waals surface area contributed by atoms with Crippen LogP contribution < -0.4 is 0 Å². The number of hydrogen-bond acceptors (Lipinski definition) is 4. The highest BCUT2D eigenvalue weighted by Crippen LogP contribution is 2.15. The molecule has 1 aromatic heterocycles. The normalized spacial score (nSPS) is 11.3. The Balaban J connectivity index is 2.04. The van der Waals surface area contributed by atoms with Crippen LogP contribution in [0.4, 0.5) is 0 Å². The van der Waals surface area contributed by atoms with Crippen LogP contribution in [0.25, 0.3) is 11.3 Å². The highest BCUT2D eigenvalue weighted by molar-refractivity contribution is 5.69. The number of ether oxygens (including phenoxy) is 1. The zero-order valence-corrected chi connectivity index (χ0v) is 11.3. The molecular formula is C14H17N3O2. The van der Waals surface area contributed by atoms with E-state index in [0.29, 0.717) is 0 Å². The summed E-state index contributed by atoms with van der Waals surface area (Å²) in [5.41, 5.74) is 1.22. The standard InChI is InChI=1S/C14H17N3O2/c1-14(2,3)19-13(18)10-17-9-12(15-16-17)11-7-5-4-6-8-11/h4-9H,10H2,1-3H3. The third-order valence-corrected chi connectivity index (χ3v) is 2.32. The van der Waals surface area contributed by atoms with Gasteiger partial charge in [-0.15, -0.1) is 5.10 Å². The molecule has 19 heavy (non-hydrogen) atoms. The Morgan fingerprint density at radius 3 is 2.58 bits per heavy atom. The maximum atomic E-state index is 11.7. The first-order chi connectivity index (χ1) is 8.94. The van der Waals surface area contributed by atoms with Crippen molar-refractivity contribution in [1.82, 2.24) is 15.0 Å². The first-order valence-corrected chi connectivity index (χ1v) is 6.11. The van der Waals surface area contributed by atoms with Crippen LogP contribution in [0.3, 0.4) is 0 Å². The molecular weight excluding hydrogens is 242 g/mol. The van der Waals surface area contributed by atoms with E-state index in [4.69, 9.17) is 4.74 Å². The van der Waals surface area contributed by atoms with E-state index in [1.165, 1.54) is 4.68 Å². The van der Waals surface area contributed by atoms with E-state index in [9.17, 15) is 4.79 Å². The van der Waals surface area contributed by atoms with Gasteiger partial charge >= 0.3 is 5.97 Å². The summed E-state index contributed by atoms with van der Waals surface area (Å²) in [7, 11) is 0. The maximum Gasteiger partial charge on any atom is 0.328 e. The van der Waals surface area contributed by atoms with Gasteiger partial charge in [0.2, 0.25) is 0 Å². The van der Waals surface area contributed by atoms with Gasteiger partial charge in [-0.3, -0.25) is 4.79 Å². The van der Waals surface area contributed by atoms with E-state index >= 15 is 0 Å². The zero-order valence-electron chi connectivity index (χ0n) is 11.3. The molecule has 0 atom stereocenters. The average molecular weight is 259 g/mol. The molecule has 5 heteroatoms. The Labute approximate surface area is 112 Å². The molecule has 0 amide bonds. The van der Waals surface area contributed by atoms with Gasteiger partial charge in [-0.2, -0.15) is 0 Å². The quantitative estimate of drug-likeness (QED) is 0.793. The van der Waals surface area contributed by atoms with Crippen molar-refractivity contribution in [2.24, 2.45) is 0 Å². The number of benzene rings is 1. The van der Waals surface area contributed by atoms with Crippen LogP contribution in [0.5, 0.6) is 0 Å². The highest BCUT2D eigenvalue weighted by atomic mass is 16.6. The summed E-state index contributed by atoms with van der Waals surface area (Å²) in [5, 5.41) is 7.97. The molecule has 2 aromatic rings. The Morgan fingerprint density at radius 2 is 1.95 bits per heavy atom. The topological polar surface area (TPSA) is 57.0 Å². The van der Waals surface area contributed by atoms with E-state index in [0.717, 1.165) is 11.3 Å². The number of hydrogen-bond donors (Lipinski definition) is 0. The van der Waals surface area contributed by atoms with Gasteiger partial charge in [-0.25, -0.2) is 4.68 Å². The predicted molar refractivity (Wildman–Crippen MR) is 71.3 cm³/mol. The van der Waals surface area contributed by atoms with Crippen molar-refractivity contribution < 1.29 is 9.53 Å². The lowest BCUT2D eigenvalue weighted by atomic mass is 10.2. The summed E-state index contributed by atoms with van der Waals surface area (Å²) in [6, 6.07) is 9.70. The molecule has 1 heterocycles. The van der Waals surface area contributed by atoms with Gasteiger partial charge in [-0.1, -0.05) is 35.5 Å². The van der Waals surface area contributed by atoms with Crippen LogP contribution in [0.2, 0.25) is 0 Å². The van der Waals surface area contributed by atoms with Gasteiger partial charge in [0, 0.05) is 5.56 Å². The van der Waals surface area contributed by atoms with Crippen LogP contribution in [0.1, 0.15) is 20.8 Å². The number of carbonyl (C=O) groups excluding carboxylic acids is 1. The molecule has 0 fully saturated rings. The lowest BCUT2D eigenvalue weighted by Gasteiger charge is -2.19. The van der Waals surface area contributed by atoms with E-state index in [2.05, 4.69) is 10.3 Å². The Bertz CT molecular complexity index is 556. The number of nitrogens with zero attached hydrogens (tertiary/aromatic N) is 3. The molecule has 0 spiro atoms. The Morgan fingerprint density at radius 1 is 1.26 bits per heavy atom. The summed E-state index contributed by atoms with van der Waals surface area (Å²) in [6.45, 7) is 5.57. The summed E-state index contributed by atoms with van der Waals surface area (Å²) in [4.78, 5) is 11.7. The molecule has 0 bridgehead atoms. The molecule has 0 N–H and O–H groups in total. The fourth-order valence-corrected chi connectivity index (χ4v) is 1.62. The number of aromatic nitrogens is 3. The molecule has 0 aliphatic carbocycles. The van der Waals surface area contributed by atoms with Gasteiger partial charge in [0.1, 0.15) is 17.8 Å². The Hall–Kier alpha value is -2.17. The van der Waals surface area contributed by atoms with E-state index in [-0.39, 0.29) is 12.5 Å². The SMILES string of the molecule is CC(C)(C)OC(=O)Cn1cc(-c2ccccc2)nn1. The first kappa shape index (κ1) is 13.3. The fourth-order valence-electron chi connectivity index (χ4n) is 1.62. The number of rotatable bonds is 3. The second-order valence-corrected chi connectivity index (χ2v) is 5.25. The van der Waals surface area contributed by atoms with Gasteiger partial charge in [0.25, 0.3) is 0 Å². The predicted octanol–water partition coefficient (Wildman–Crippen LogP) is 2.29. The maximum absolute atomic E-state index is 11.7. The molecule has 0 aliphatic rings. The molecule has 100 valence electrons. The number of esters is 1. The lowest BCUT2D eigenvalue weighted by Crippen LogP contribution is -2.26. The fraction of sp³-hybridized carbons (Fsp3) is 0.357. The number of carbonyl (C=O) groups is 1. The molecule has 2 rings (SSSR count). The van der Waals surface area contributed by atoms with Crippen molar-refractivity contribution in [3.8, 4) is 11.3 Å². The third kappa shape index (κ3) is 3.91. The van der Waals surface area contributed by atoms with Crippen molar-refractivity contribution in [3.63, 3.8) is 0 Å². The van der Waals surface area contributed by atoms with Crippen molar-refractivity contribution >= 4 is 5.97 Å². The highest BCUT2D eigenvalue weighted by Gasteiger charge is 2.17.